The third-order valence-corrected chi connectivity index (χ3v) is 5.33. The predicted molar refractivity (Wildman–Crippen MR) is 104 cm³/mol. The molecule has 140 valence electrons. The minimum Gasteiger partial charge on any atom is -0.350 e. The van der Waals surface area contributed by atoms with Gasteiger partial charge in [-0.15, -0.1) is 0 Å². The Bertz CT molecular complexity index is 740. The van der Waals surface area contributed by atoms with Crippen LogP contribution in [-0.2, 0) is 14.8 Å². The van der Waals surface area contributed by atoms with Crippen molar-refractivity contribution >= 4 is 38.9 Å². The molecule has 0 aliphatic heterocycles. The zero-order chi connectivity index (χ0) is 19.4. The summed E-state index contributed by atoms with van der Waals surface area (Å²) in [5.41, 5.74) is 0.220. The van der Waals surface area contributed by atoms with Gasteiger partial charge in [-0.1, -0.05) is 6.07 Å². The van der Waals surface area contributed by atoms with E-state index in [1.807, 2.05) is 20.8 Å². The number of benzene rings is 1. The summed E-state index contributed by atoms with van der Waals surface area (Å²) in [5.74, 6) is -0.150. The molecule has 0 fully saturated rings. The Hall–Kier alpha value is -1.71. The number of thiocarbonyl (C=S) groups is 1. The van der Waals surface area contributed by atoms with Gasteiger partial charge in [0.25, 0.3) is 0 Å². The predicted octanol–water partition coefficient (Wildman–Crippen LogP) is 1.48. The molecule has 0 heterocycles. The number of sulfonamides is 1. The minimum atomic E-state index is -3.52. The normalized spacial score (nSPS) is 12.0. The summed E-state index contributed by atoms with van der Waals surface area (Å²) in [5, 5.41) is 6.14. The molecule has 0 aliphatic rings. The van der Waals surface area contributed by atoms with Crippen LogP contribution in [0.25, 0.3) is 0 Å². The molecule has 25 heavy (non-hydrogen) atoms. The minimum absolute atomic E-state index is 0.0960. The van der Waals surface area contributed by atoms with E-state index in [0.29, 0.717) is 10.8 Å². The van der Waals surface area contributed by atoms with Gasteiger partial charge in [0.05, 0.1) is 11.4 Å². The number of carbonyl (C=O) groups is 1. The second-order valence-corrected chi connectivity index (χ2v) is 9.44. The molecule has 1 aromatic rings. The average molecular weight is 387 g/mol. The smallest absolute Gasteiger partial charge is 0.242 e. The summed E-state index contributed by atoms with van der Waals surface area (Å²) in [7, 11) is 1.12. The summed E-state index contributed by atoms with van der Waals surface area (Å²) in [6, 6.07) is 6.37. The molecule has 0 saturated carbocycles. The summed E-state index contributed by atoms with van der Waals surface area (Å²) >= 11 is 5.28. The number of hydrogen-bond acceptors (Lipinski definition) is 4. The van der Waals surface area contributed by atoms with Gasteiger partial charge in [-0.2, -0.15) is 0 Å². The van der Waals surface area contributed by atoms with Crippen LogP contribution in [0.5, 0.6) is 0 Å². The number of amides is 1. The van der Waals surface area contributed by atoms with Crippen LogP contribution in [0.3, 0.4) is 0 Å². The number of hydrogen-bond donors (Lipinski definition) is 2. The van der Waals surface area contributed by atoms with E-state index >= 15 is 0 Å². The summed E-state index contributed by atoms with van der Waals surface area (Å²) in [4.78, 5) is 13.7. The molecule has 0 saturated heterocycles. The van der Waals surface area contributed by atoms with Crippen molar-refractivity contribution in [2.75, 3.05) is 33.0 Å². The van der Waals surface area contributed by atoms with Gasteiger partial charge >= 0.3 is 0 Å². The van der Waals surface area contributed by atoms with Crippen LogP contribution < -0.4 is 10.6 Å². The van der Waals surface area contributed by atoms with Crippen LogP contribution in [0, 0.1) is 0 Å². The molecule has 1 rings (SSSR count). The van der Waals surface area contributed by atoms with Gasteiger partial charge in [-0.3, -0.25) is 4.79 Å². The van der Waals surface area contributed by atoms with E-state index in [1.54, 1.807) is 24.1 Å². The lowest BCUT2D eigenvalue weighted by Gasteiger charge is -2.25. The van der Waals surface area contributed by atoms with Gasteiger partial charge in [0, 0.05) is 32.4 Å². The second kappa shape index (κ2) is 8.11. The van der Waals surface area contributed by atoms with E-state index in [4.69, 9.17) is 12.2 Å². The Kier molecular flexibility index (Phi) is 6.92. The van der Waals surface area contributed by atoms with Crippen LogP contribution in [-0.4, -0.2) is 61.9 Å². The highest BCUT2D eigenvalue weighted by Crippen LogP contribution is 2.18. The Morgan fingerprint density at radius 3 is 2.32 bits per heavy atom. The molecule has 2 N–H and O–H groups in total. The lowest BCUT2D eigenvalue weighted by atomic mass is 10.1. The number of nitrogens with zero attached hydrogens (tertiary/aromatic N) is 2. The third-order valence-electron chi connectivity index (χ3n) is 3.11. The number of nitrogens with one attached hydrogen (secondary N) is 2. The van der Waals surface area contributed by atoms with Gasteiger partial charge in [0.2, 0.25) is 15.9 Å². The van der Waals surface area contributed by atoms with Gasteiger partial charge < -0.3 is 15.5 Å². The van der Waals surface area contributed by atoms with E-state index in [-0.39, 0.29) is 22.9 Å². The van der Waals surface area contributed by atoms with Crippen molar-refractivity contribution in [3.05, 3.63) is 24.3 Å². The van der Waals surface area contributed by atoms with Crippen LogP contribution in [0.4, 0.5) is 5.69 Å². The first kappa shape index (κ1) is 21.3. The fraction of sp³-hybridized carbons (Fsp3) is 0.500. The van der Waals surface area contributed by atoms with Gasteiger partial charge in [-0.25, -0.2) is 12.7 Å². The van der Waals surface area contributed by atoms with E-state index < -0.39 is 10.0 Å². The largest absolute Gasteiger partial charge is 0.350 e. The first-order chi connectivity index (χ1) is 11.3. The quantitative estimate of drug-likeness (QED) is 0.746. The summed E-state index contributed by atoms with van der Waals surface area (Å²) in [6.07, 6.45) is 0. The van der Waals surface area contributed by atoms with Gasteiger partial charge in [0.1, 0.15) is 0 Å². The molecular formula is C16H26N4O3S2. The number of likely N-dealkylation sites (N-methyl/N-ethyl adjacent to an activating group) is 1. The molecule has 0 bridgehead atoms. The molecular weight excluding hydrogens is 360 g/mol. The second-order valence-electron chi connectivity index (χ2n) is 6.90. The molecule has 0 aliphatic carbocycles. The van der Waals surface area contributed by atoms with Crippen LogP contribution >= 0.6 is 12.2 Å². The Morgan fingerprint density at radius 1 is 1.20 bits per heavy atom. The topological polar surface area (TPSA) is 81.8 Å². The fourth-order valence-corrected chi connectivity index (χ4v) is 3.04. The van der Waals surface area contributed by atoms with Crippen LogP contribution in [0.1, 0.15) is 20.8 Å². The number of rotatable bonds is 5. The highest BCUT2D eigenvalue weighted by Gasteiger charge is 2.19. The Balaban J connectivity index is 2.79. The Morgan fingerprint density at radius 2 is 1.80 bits per heavy atom. The molecule has 0 unspecified atom stereocenters. The molecule has 0 radical (unpaired) electrons. The van der Waals surface area contributed by atoms with Crippen molar-refractivity contribution in [2.45, 2.75) is 31.2 Å². The third kappa shape index (κ3) is 6.60. The maximum absolute atomic E-state index is 12.2. The van der Waals surface area contributed by atoms with Gasteiger partial charge in [0.15, 0.2) is 5.11 Å². The van der Waals surface area contributed by atoms with Crippen LogP contribution in [0.2, 0.25) is 0 Å². The zero-order valence-electron chi connectivity index (χ0n) is 15.5. The van der Waals surface area contributed by atoms with Crippen molar-refractivity contribution in [3.63, 3.8) is 0 Å². The highest BCUT2D eigenvalue weighted by atomic mass is 32.2. The van der Waals surface area contributed by atoms with Crippen molar-refractivity contribution in [1.29, 1.82) is 0 Å². The lowest BCUT2D eigenvalue weighted by Crippen LogP contribution is -2.47. The number of carbonyl (C=O) groups excluding carboxylic acids is 1. The maximum Gasteiger partial charge on any atom is 0.242 e. The lowest BCUT2D eigenvalue weighted by molar-refractivity contribution is -0.122. The monoisotopic (exact) mass is 386 g/mol. The first-order valence-electron chi connectivity index (χ1n) is 7.68. The van der Waals surface area contributed by atoms with E-state index in [0.717, 1.165) is 4.31 Å². The van der Waals surface area contributed by atoms with Crippen molar-refractivity contribution in [2.24, 2.45) is 0 Å². The molecule has 1 aromatic carbocycles. The summed E-state index contributed by atoms with van der Waals surface area (Å²) < 4.78 is 25.5. The van der Waals surface area contributed by atoms with E-state index in [1.165, 1.54) is 26.2 Å². The number of anilines is 1. The fourth-order valence-electron chi connectivity index (χ4n) is 1.91. The van der Waals surface area contributed by atoms with E-state index in [9.17, 15) is 13.2 Å². The molecule has 0 spiro atoms. The SMILES string of the molecule is CN(CC(=O)NC(C)(C)C)C(=S)Nc1cccc(S(=O)(=O)N(C)C)c1. The summed E-state index contributed by atoms with van der Waals surface area (Å²) in [6.45, 7) is 5.80. The molecule has 0 atom stereocenters. The molecule has 0 aromatic heterocycles. The van der Waals surface area contributed by atoms with Crippen molar-refractivity contribution in [3.8, 4) is 0 Å². The molecule has 7 nitrogen and oxygen atoms in total. The molecule has 9 heteroatoms. The van der Waals surface area contributed by atoms with Gasteiger partial charge in [-0.05, 0) is 51.2 Å². The standard InChI is InChI=1S/C16H26N4O3S2/c1-16(2,3)18-14(21)11-20(6)15(24)17-12-8-7-9-13(10-12)25(22,23)19(4)5/h7-10H,11H2,1-6H3,(H,17,24)(H,18,21). The first-order valence-corrected chi connectivity index (χ1v) is 9.53. The van der Waals surface area contributed by atoms with Crippen molar-refractivity contribution < 1.29 is 13.2 Å². The van der Waals surface area contributed by atoms with Crippen molar-refractivity contribution in [1.82, 2.24) is 14.5 Å². The van der Waals surface area contributed by atoms with Crippen LogP contribution in [0.15, 0.2) is 29.2 Å². The highest BCUT2D eigenvalue weighted by molar-refractivity contribution is 7.89. The molecule has 1 amide bonds. The zero-order valence-corrected chi connectivity index (χ0v) is 17.1. The maximum atomic E-state index is 12.2. The average Bonchev–Trinajstić information content (AvgIpc) is 2.45. The Labute approximate surface area is 155 Å². The van der Waals surface area contributed by atoms with E-state index in [2.05, 4.69) is 10.6 Å².